The molecule has 2 heterocycles. The molecule has 2 unspecified atom stereocenters. The minimum absolute atomic E-state index is 0. The number of hydrogen-bond acceptors (Lipinski definition) is 4. The van der Waals surface area contributed by atoms with Crippen molar-refractivity contribution < 1.29 is 14.6 Å². The molecule has 0 radical (unpaired) electrons. The van der Waals surface area contributed by atoms with E-state index in [-0.39, 0.29) is 25.1 Å². The van der Waals surface area contributed by atoms with Crippen LogP contribution in [0, 0.1) is 0 Å². The van der Waals surface area contributed by atoms with Crippen LogP contribution in [0.5, 0.6) is 5.75 Å². The van der Waals surface area contributed by atoms with E-state index >= 15 is 0 Å². The van der Waals surface area contributed by atoms with Gasteiger partial charge in [-0.1, -0.05) is 37.6 Å². The predicted octanol–water partition coefficient (Wildman–Crippen LogP) is 4.70. The van der Waals surface area contributed by atoms with Crippen LogP contribution in [-0.4, -0.2) is 34.0 Å². The number of rotatable bonds is 8. The molecule has 1 aliphatic heterocycles. The van der Waals surface area contributed by atoms with Crippen LogP contribution in [0.1, 0.15) is 43.7 Å². The summed E-state index contributed by atoms with van der Waals surface area (Å²) in [6.45, 7) is 3.62. The second-order valence-corrected chi connectivity index (χ2v) is 7.43. The highest BCUT2D eigenvalue weighted by Crippen LogP contribution is 2.30. The Morgan fingerprint density at radius 2 is 2.00 bits per heavy atom. The van der Waals surface area contributed by atoms with Gasteiger partial charge in [0.25, 0.3) is 0 Å². The van der Waals surface area contributed by atoms with Crippen LogP contribution in [0.2, 0.25) is 0 Å². The smallest absolute Gasteiger partial charge is 0.139 e. The highest BCUT2D eigenvalue weighted by Gasteiger charge is 2.25. The maximum atomic E-state index is 10.6. The number of ether oxygens (including phenoxy) is 2. The zero-order valence-corrected chi connectivity index (χ0v) is 17.6. The SMILES string of the molecule is CCCc1ccc(OCC(O)Cn2c(C3CCCO3)nc3ccccc32)cc1.Cl. The minimum Gasteiger partial charge on any atom is -0.491 e. The van der Waals surface area contributed by atoms with Crippen LogP contribution in [0.25, 0.3) is 11.0 Å². The van der Waals surface area contributed by atoms with Gasteiger partial charge >= 0.3 is 0 Å². The van der Waals surface area contributed by atoms with Gasteiger partial charge in [0.05, 0.1) is 17.6 Å². The van der Waals surface area contributed by atoms with Gasteiger partial charge in [-0.2, -0.15) is 0 Å². The Kier molecular flexibility index (Phi) is 7.53. The third kappa shape index (κ3) is 5.10. The van der Waals surface area contributed by atoms with Gasteiger partial charge < -0.3 is 19.1 Å². The molecule has 1 aliphatic rings. The van der Waals surface area contributed by atoms with Gasteiger partial charge in [0.15, 0.2) is 0 Å². The van der Waals surface area contributed by atoms with E-state index in [4.69, 9.17) is 14.5 Å². The van der Waals surface area contributed by atoms with E-state index in [1.165, 1.54) is 5.56 Å². The Bertz CT molecular complexity index is 904. The van der Waals surface area contributed by atoms with E-state index in [0.717, 1.165) is 54.9 Å². The lowest BCUT2D eigenvalue weighted by Crippen LogP contribution is -2.25. The molecule has 0 bridgehead atoms. The maximum absolute atomic E-state index is 10.6. The molecule has 2 aromatic carbocycles. The molecule has 0 aliphatic carbocycles. The van der Waals surface area contributed by atoms with Gasteiger partial charge in [-0.15, -0.1) is 12.4 Å². The molecule has 1 fully saturated rings. The Labute approximate surface area is 178 Å². The maximum Gasteiger partial charge on any atom is 0.139 e. The largest absolute Gasteiger partial charge is 0.491 e. The summed E-state index contributed by atoms with van der Waals surface area (Å²) in [5.74, 6) is 1.69. The van der Waals surface area contributed by atoms with Crippen molar-refractivity contribution in [2.75, 3.05) is 13.2 Å². The molecule has 0 spiro atoms. The number of aliphatic hydroxyl groups is 1. The number of aryl methyl sites for hydroxylation is 1. The van der Waals surface area contributed by atoms with E-state index < -0.39 is 6.10 Å². The Morgan fingerprint density at radius 1 is 1.21 bits per heavy atom. The van der Waals surface area contributed by atoms with Crippen molar-refractivity contribution in [2.24, 2.45) is 0 Å². The lowest BCUT2D eigenvalue weighted by atomic mass is 10.1. The van der Waals surface area contributed by atoms with E-state index in [1.807, 2.05) is 36.4 Å². The summed E-state index contributed by atoms with van der Waals surface area (Å²) in [6.07, 6.45) is 3.60. The van der Waals surface area contributed by atoms with E-state index in [0.29, 0.717) is 6.54 Å². The Hall–Kier alpha value is -2.08. The topological polar surface area (TPSA) is 56.5 Å². The normalized spacial score (nSPS) is 17.2. The number of halogens is 1. The third-order valence-corrected chi connectivity index (χ3v) is 5.20. The lowest BCUT2D eigenvalue weighted by Gasteiger charge is -2.18. The van der Waals surface area contributed by atoms with Crippen molar-refractivity contribution in [3.05, 3.63) is 59.9 Å². The highest BCUT2D eigenvalue weighted by atomic mass is 35.5. The molecule has 1 N–H and O–H groups in total. The average Bonchev–Trinajstić information content (AvgIpc) is 3.36. The number of imidazole rings is 1. The van der Waals surface area contributed by atoms with Gasteiger partial charge in [-0.05, 0) is 49.1 Å². The molecule has 4 rings (SSSR count). The minimum atomic E-state index is -0.631. The first kappa shape index (κ1) is 21.6. The molecular formula is C23H29ClN2O3. The number of aromatic nitrogens is 2. The molecule has 1 aromatic heterocycles. The highest BCUT2D eigenvalue weighted by molar-refractivity contribution is 5.85. The van der Waals surface area contributed by atoms with Gasteiger partial charge in [0, 0.05) is 6.61 Å². The number of aliphatic hydroxyl groups excluding tert-OH is 1. The van der Waals surface area contributed by atoms with E-state index in [1.54, 1.807) is 0 Å². The number of nitrogens with zero attached hydrogens (tertiary/aromatic N) is 2. The fourth-order valence-electron chi connectivity index (χ4n) is 3.81. The number of fused-ring (bicyclic) bond motifs is 1. The molecule has 6 heteroatoms. The van der Waals surface area contributed by atoms with E-state index in [9.17, 15) is 5.11 Å². The molecule has 2 atom stereocenters. The fourth-order valence-corrected chi connectivity index (χ4v) is 3.81. The zero-order chi connectivity index (χ0) is 19.3. The predicted molar refractivity (Wildman–Crippen MR) is 117 cm³/mol. The molecule has 5 nitrogen and oxygen atoms in total. The van der Waals surface area contributed by atoms with Crippen LogP contribution in [0.3, 0.4) is 0 Å². The first-order chi connectivity index (χ1) is 13.7. The van der Waals surface area contributed by atoms with Crippen molar-refractivity contribution in [3.63, 3.8) is 0 Å². The van der Waals surface area contributed by atoms with Crippen LogP contribution in [-0.2, 0) is 17.7 Å². The first-order valence-electron chi connectivity index (χ1n) is 10.2. The quantitative estimate of drug-likeness (QED) is 0.578. The second kappa shape index (κ2) is 10.1. The Morgan fingerprint density at radius 3 is 2.72 bits per heavy atom. The molecule has 0 amide bonds. The molecule has 29 heavy (non-hydrogen) atoms. The molecule has 3 aromatic rings. The number of benzene rings is 2. The van der Waals surface area contributed by atoms with Crippen molar-refractivity contribution in [1.29, 1.82) is 0 Å². The molecule has 0 saturated carbocycles. The van der Waals surface area contributed by atoms with Crippen molar-refractivity contribution in [2.45, 2.75) is 51.4 Å². The first-order valence-corrected chi connectivity index (χ1v) is 10.2. The van der Waals surface area contributed by atoms with Gasteiger partial charge in [0.1, 0.15) is 30.4 Å². The van der Waals surface area contributed by atoms with Crippen LogP contribution < -0.4 is 4.74 Å². The standard InChI is InChI=1S/C23H28N2O3.ClH/c1-2-6-17-10-12-19(13-11-17)28-16-18(26)15-25-21-8-4-3-7-20(21)24-23(25)22-9-5-14-27-22;/h3-4,7-8,10-13,18,22,26H,2,5-6,9,14-16H2,1H3;1H. The monoisotopic (exact) mass is 416 g/mol. The fraction of sp³-hybridized carbons (Fsp3) is 0.435. The van der Waals surface area contributed by atoms with Crippen molar-refractivity contribution in [3.8, 4) is 5.75 Å². The number of para-hydroxylation sites is 2. The summed E-state index contributed by atoms with van der Waals surface area (Å²) in [6, 6.07) is 16.2. The van der Waals surface area contributed by atoms with E-state index in [2.05, 4.69) is 23.6 Å². The summed E-state index contributed by atoms with van der Waals surface area (Å²) in [7, 11) is 0. The summed E-state index contributed by atoms with van der Waals surface area (Å²) >= 11 is 0. The van der Waals surface area contributed by atoms with Gasteiger partial charge in [-0.25, -0.2) is 4.98 Å². The zero-order valence-electron chi connectivity index (χ0n) is 16.8. The number of hydrogen-bond donors (Lipinski definition) is 1. The Balaban J connectivity index is 0.00000240. The van der Waals surface area contributed by atoms with Crippen LogP contribution >= 0.6 is 12.4 Å². The van der Waals surface area contributed by atoms with Gasteiger partial charge in [0.2, 0.25) is 0 Å². The summed E-state index contributed by atoms with van der Waals surface area (Å²) in [5, 5.41) is 10.6. The van der Waals surface area contributed by atoms with Crippen molar-refractivity contribution >= 4 is 23.4 Å². The van der Waals surface area contributed by atoms with Crippen molar-refractivity contribution in [1.82, 2.24) is 9.55 Å². The molecule has 1 saturated heterocycles. The van der Waals surface area contributed by atoms with Gasteiger partial charge in [-0.3, -0.25) is 0 Å². The van der Waals surface area contributed by atoms with Crippen LogP contribution in [0.4, 0.5) is 0 Å². The summed E-state index contributed by atoms with van der Waals surface area (Å²) in [4.78, 5) is 4.78. The third-order valence-electron chi connectivity index (χ3n) is 5.20. The lowest BCUT2D eigenvalue weighted by molar-refractivity contribution is 0.0806. The molecular weight excluding hydrogens is 388 g/mol. The summed E-state index contributed by atoms with van der Waals surface area (Å²) < 4.78 is 13.8. The second-order valence-electron chi connectivity index (χ2n) is 7.43. The van der Waals surface area contributed by atoms with Crippen LogP contribution in [0.15, 0.2) is 48.5 Å². The summed E-state index contributed by atoms with van der Waals surface area (Å²) in [5.41, 5.74) is 3.27. The average molecular weight is 417 g/mol. The molecule has 156 valence electrons.